The number of halogens is 1. The van der Waals surface area contributed by atoms with Crippen LogP contribution in [0.2, 0.25) is 0 Å². The summed E-state index contributed by atoms with van der Waals surface area (Å²) in [5, 5.41) is 2.66. The molecule has 0 aliphatic carbocycles. The van der Waals surface area contributed by atoms with Crippen LogP contribution in [-0.2, 0) is 16.2 Å². The van der Waals surface area contributed by atoms with Crippen molar-refractivity contribution in [1.29, 1.82) is 0 Å². The molecule has 4 aromatic rings. The molecule has 0 spiro atoms. The zero-order valence-corrected chi connectivity index (χ0v) is 22.6. The molecule has 0 unspecified atom stereocenters. The molecular formula is C30H36BrN. The lowest BCUT2D eigenvalue weighted by molar-refractivity contribution is 0.589. The van der Waals surface area contributed by atoms with E-state index in [4.69, 9.17) is 0 Å². The van der Waals surface area contributed by atoms with Crippen molar-refractivity contribution in [2.45, 2.75) is 78.6 Å². The van der Waals surface area contributed by atoms with Gasteiger partial charge in [0.1, 0.15) is 0 Å². The second-order valence-corrected chi connectivity index (χ2v) is 13.2. The van der Waals surface area contributed by atoms with Gasteiger partial charge in [-0.1, -0.05) is 90.4 Å². The van der Waals surface area contributed by atoms with Gasteiger partial charge in [0, 0.05) is 20.9 Å². The van der Waals surface area contributed by atoms with Crippen molar-refractivity contribution in [3.63, 3.8) is 0 Å². The molecule has 0 fully saturated rings. The first-order valence-electron chi connectivity index (χ1n) is 11.6. The van der Waals surface area contributed by atoms with Crippen molar-refractivity contribution in [3.05, 3.63) is 75.8 Å². The van der Waals surface area contributed by atoms with Gasteiger partial charge in [-0.15, -0.1) is 0 Å². The third-order valence-corrected chi connectivity index (χ3v) is 6.96. The number of hydrogen-bond donors (Lipinski definition) is 0. The van der Waals surface area contributed by atoms with Crippen LogP contribution >= 0.6 is 15.9 Å². The Morgan fingerprint density at radius 2 is 0.969 bits per heavy atom. The normalized spacial score (nSPS) is 13.3. The molecule has 0 aliphatic rings. The Balaban J connectivity index is 2.12. The Kier molecular flexibility index (Phi) is 5.41. The van der Waals surface area contributed by atoms with E-state index in [1.165, 1.54) is 44.2 Å². The van der Waals surface area contributed by atoms with Gasteiger partial charge in [-0.05, 0) is 75.4 Å². The summed E-state index contributed by atoms with van der Waals surface area (Å²) in [5.41, 5.74) is 8.10. The summed E-state index contributed by atoms with van der Waals surface area (Å²) < 4.78 is 3.55. The average Bonchev–Trinajstić information content (AvgIpc) is 2.98. The lowest BCUT2D eigenvalue weighted by Gasteiger charge is -2.22. The van der Waals surface area contributed by atoms with Gasteiger partial charge in [-0.25, -0.2) is 0 Å². The molecule has 1 nitrogen and oxygen atoms in total. The highest BCUT2D eigenvalue weighted by Crippen LogP contribution is 2.38. The molecule has 1 aromatic heterocycles. The molecule has 168 valence electrons. The fraction of sp³-hybridized carbons (Fsp3) is 0.400. The summed E-state index contributed by atoms with van der Waals surface area (Å²) in [7, 11) is 0. The minimum atomic E-state index is 0.0795. The van der Waals surface area contributed by atoms with Crippen LogP contribution in [0, 0.1) is 0 Å². The van der Waals surface area contributed by atoms with E-state index in [1.54, 1.807) is 0 Å². The molecule has 0 saturated carbocycles. The van der Waals surface area contributed by atoms with E-state index < -0.39 is 0 Å². The monoisotopic (exact) mass is 489 g/mol. The van der Waals surface area contributed by atoms with Crippen molar-refractivity contribution < 1.29 is 0 Å². The van der Waals surface area contributed by atoms with Crippen LogP contribution < -0.4 is 0 Å². The minimum Gasteiger partial charge on any atom is -0.309 e. The first-order chi connectivity index (χ1) is 14.7. The van der Waals surface area contributed by atoms with Crippen LogP contribution in [0.15, 0.2) is 59.1 Å². The maximum Gasteiger partial charge on any atom is 0.0541 e. The van der Waals surface area contributed by atoms with Gasteiger partial charge >= 0.3 is 0 Å². The van der Waals surface area contributed by atoms with E-state index in [-0.39, 0.29) is 16.2 Å². The topological polar surface area (TPSA) is 4.93 Å². The highest BCUT2D eigenvalue weighted by Gasteiger charge is 2.22. The van der Waals surface area contributed by atoms with E-state index >= 15 is 0 Å². The number of rotatable bonds is 1. The van der Waals surface area contributed by atoms with Crippen molar-refractivity contribution in [3.8, 4) is 5.69 Å². The van der Waals surface area contributed by atoms with E-state index in [0.717, 1.165) is 4.47 Å². The summed E-state index contributed by atoms with van der Waals surface area (Å²) in [4.78, 5) is 0. The van der Waals surface area contributed by atoms with Crippen LogP contribution in [-0.4, -0.2) is 4.57 Å². The SMILES string of the molecule is CC(C)(C)c1cc(Br)cc(-n2c3ccc(C(C)(C)C)cc3c3cc(C(C)(C)C)ccc32)c1. The second kappa shape index (κ2) is 7.48. The van der Waals surface area contributed by atoms with Crippen LogP contribution in [0.3, 0.4) is 0 Å². The number of hydrogen-bond acceptors (Lipinski definition) is 0. The molecular weight excluding hydrogens is 454 g/mol. The average molecular weight is 491 g/mol. The molecule has 0 N–H and O–H groups in total. The van der Waals surface area contributed by atoms with Crippen molar-refractivity contribution >= 4 is 37.7 Å². The number of fused-ring (bicyclic) bond motifs is 3. The molecule has 0 saturated heterocycles. The van der Waals surface area contributed by atoms with E-state index in [2.05, 4.69) is 137 Å². The fourth-order valence-electron chi connectivity index (χ4n) is 4.37. The smallest absolute Gasteiger partial charge is 0.0541 e. The van der Waals surface area contributed by atoms with Crippen LogP contribution in [0.25, 0.3) is 27.5 Å². The molecule has 0 amide bonds. The molecule has 3 aromatic carbocycles. The number of nitrogens with zero attached hydrogens (tertiary/aromatic N) is 1. The van der Waals surface area contributed by atoms with Crippen LogP contribution in [0.5, 0.6) is 0 Å². The number of benzene rings is 3. The van der Waals surface area contributed by atoms with Crippen LogP contribution in [0.4, 0.5) is 0 Å². The summed E-state index contributed by atoms with van der Waals surface area (Å²) in [6.07, 6.45) is 0. The van der Waals surface area contributed by atoms with Gasteiger partial charge in [-0.3, -0.25) is 0 Å². The van der Waals surface area contributed by atoms with E-state index in [9.17, 15) is 0 Å². The molecule has 4 rings (SSSR count). The predicted octanol–water partition coefficient (Wildman–Crippen LogP) is 9.44. The largest absolute Gasteiger partial charge is 0.309 e. The lowest BCUT2D eigenvalue weighted by atomic mass is 9.85. The van der Waals surface area contributed by atoms with Gasteiger partial charge < -0.3 is 4.57 Å². The fourth-order valence-corrected chi connectivity index (χ4v) is 4.85. The van der Waals surface area contributed by atoms with Gasteiger partial charge in [0.2, 0.25) is 0 Å². The Labute approximate surface area is 202 Å². The van der Waals surface area contributed by atoms with Gasteiger partial charge in [0.05, 0.1) is 11.0 Å². The first kappa shape index (κ1) is 23.1. The van der Waals surface area contributed by atoms with Crippen molar-refractivity contribution in [2.75, 3.05) is 0 Å². The summed E-state index contributed by atoms with van der Waals surface area (Å²) in [6.45, 7) is 20.6. The molecule has 0 bridgehead atoms. The molecule has 1 heterocycles. The molecule has 0 aliphatic heterocycles. The summed E-state index contributed by atoms with van der Waals surface area (Å²) in [5.74, 6) is 0. The number of aromatic nitrogens is 1. The standard InChI is InChI=1S/C30H36BrN/c1-28(2,3)19-10-12-26-24(16-19)25-17-20(29(4,5)6)11-13-27(25)32(26)23-15-21(30(7,8)9)14-22(31)18-23/h10-18H,1-9H3. The predicted molar refractivity (Wildman–Crippen MR) is 145 cm³/mol. The Morgan fingerprint density at radius 1 is 0.531 bits per heavy atom. The molecule has 32 heavy (non-hydrogen) atoms. The Morgan fingerprint density at radius 3 is 1.38 bits per heavy atom. The zero-order valence-electron chi connectivity index (χ0n) is 21.0. The third kappa shape index (κ3) is 4.15. The van der Waals surface area contributed by atoms with Gasteiger partial charge in [0.25, 0.3) is 0 Å². The highest BCUT2D eigenvalue weighted by molar-refractivity contribution is 9.10. The van der Waals surface area contributed by atoms with Gasteiger partial charge in [-0.2, -0.15) is 0 Å². The van der Waals surface area contributed by atoms with Crippen LogP contribution in [0.1, 0.15) is 79.0 Å². The highest BCUT2D eigenvalue weighted by atomic mass is 79.9. The van der Waals surface area contributed by atoms with Crippen molar-refractivity contribution in [2.24, 2.45) is 0 Å². The molecule has 0 radical (unpaired) electrons. The Bertz CT molecular complexity index is 1250. The maximum atomic E-state index is 3.78. The third-order valence-electron chi connectivity index (χ3n) is 6.50. The van der Waals surface area contributed by atoms with Crippen molar-refractivity contribution in [1.82, 2.24) is 4.57 Å². The van der Waals surface area contributed by atoms with Gasteiger partial charge in [0.15, 0.2) is 0 Å². The quantitative estimate of drug-likeness (QED) is 0.250. The lowest BCUT2D eigenvalue weighted by Crippen LogP contribution is -2.12. The van der Waals surface area contributed by atoms with E-state index in [1.807, 2.05) is 0 Å². The summed E-state index contributed by atoms with van der Waals surface area (Å²) >= 11 is 3.78. The second-order valence-electron chi connectivity index (χ2n) is 12.2. The van der Waals surface area contributed by atoms with E-state index in [0.29, 0.717) is 0 Å². The summed E-state index contributed by atoms with van der Waals surface area (Å²) in [6, 6.07) is 20.9. The first-order valence-corrected chi connectivity index (χ1v) is 12.4. The maximum absolute atomic E-state index is 3.78. The zero-order chi connectivity index (χ0) is 23.6. The molecule has 2 heteroatoms. The minimum absolute atomic E-state index is 0.0795. The Hall–Kier alpha value is -2.06. The molecule has 0 atom stereocenters.